The van der Waals surface area contributed by atoms with Gasteiger partial charge in [-0.3, -0.25) is 0 Å². The number of phenols is 1. The fourth-order valence-corrected chi connectivity index (χ4v) is 2.28. The molecule has 2 aromatic carbocycles. The van der Waals surface area contributed by atoms with Crippen LogP contribution in [0.2, 0.25) is 0 Å². The summed E-state index contributed by atoms with van der Waals surface area (Å²) in [5.74, 6) is 0.933. The zero-order valence-corrected chi connectivity index (χ0v) is 17.5. The Morgan fingerprint density at radius 2 is 1.88 bits per heavy atom. The van der Waals surface area contributed by atoms with Gasteiger partial charge in [-0.2, -0.15) is 0 Å². The number of hydrogen-bond donors (Lipinski definition) is 3. The molecule has 7 heteroatoms. The van der Waals surface area contributed by atoms with Crippen molar-refractivity contribution in [2.45, 2.75) is 26.9 Å². The number of rotatable bonds is 6. The summed E-state index contributed by atoms with van der Waals surface area (Å²) in [5, 5.41) is 16.2. The lowest BCUT2D eigenvalue weighted by Gasteiger charge is -2.12. The number of benzene rings is 2. The van der Waals surface area contributed by atoms with E-state index in [9.17, 15) is 9.50 Å². The topological polar surface area (TPSA) is 65.9 Å². The summed E-state index contributed by atoms with van der Waals surface area (Å²) in [7, 11) is 1.51. The number of aryl methyl sites for hydroxylation is 1. The number of aliphatic imine (C=N–C) groups is 1. The quantitative estimate of drug-likeness (QED) is 0.340. The van der Waals surface area contributed by atoms with E-state index in [1.807, 2.05) is 19.1 Å². The molecule has 0 fully saturated rings. The van der Waals surface area contributed by atoms with E-state index in [1.165, 1.54) is 13.2 Å². The molecule has 0 radical (unpaired) electrons. The number of methoxy groups -OCH3 is 1. The van der Waals surface area contributed by atoms with Crippen LogP contribution in [0.25, 0.3) is 0 Å². The Labute approximate surface area is 170 Å². The second-order valence-electron chi connectivity index (χ2n) is 5.64. The van der Waals surface area contributed by atoms with E-state index < -0.39 is 0 Å². The molecule has 3 N–H and O–H groups in total. The van der Waals surface area contributed by atoms with Crippen LogP contribution < -0.4 is 15.4 Å². The van der Waals surface area contributed by atoms with Gasteiger partial charge in [0.2, 0.25) is 0 Å². The van der Waals surface area contributed by atoms with E-state index in [-0.39, 0.29) is 35.5 Å². The average Bonchev–Trinajstić information content (AvgIpc) is 2.60. The third-order valence-corrected chi connectivity index (χ3v) is 3.70. The van der Waals surface area contributed by atoms with E-state index in [0.29, 0.717) is 36.9 Å². The Hall–Kier alpha value is -2.03. The highest BCUT2D eigenvalue weighted by molar-refractivity contribution is 14.0. The fraction of sp³-hybridized carbons (Fsp3) is 0.316. The van der Waals surface area contributed by atoms with Gasteiger partial charge in [0.05, 0.1) is 13.7 Å². The van der Waals surface area contributed by atoms with E-state index in [0.717, 1.165) is 11.1 Å². The maximum Gasteiger partial charge on any atom is 0.191 e. The van der Waals surface area contributed by atoms with Crippen molar-refractivity contribution in [3.8, 4) is 11.5 Å². The highest BCUT2D eigenvalue weighted by Gasteiger charge is 2.04. The smallest absolute Gasteiger partial charge is 0.191 e. The van der Waals surface area contributed by atoms with Gasteiger partial charge in [0, 0.05) is 13.1 Å². The van der Waals surface area contributed by atoms with Crippen LogP contribution in [0, 0.1) is 12.7 Å². The first-order chi connectivity index (χ1) is 12.0. The van der Waals surface area contributed by atoms with Crippen LogP contribution in [0.4, 0.5) is 4.39 Å². The highest BCUT2D eigenvalue weighted by Crippen LogP contribution is 2.26. The van der Waals surface area contributed by atoms with Gasteiger partial charge >= 0.3 is 0 Å². The lowest BCUT2D eigenvalue weighted by molar-refractivity contribution is 0.373. The van der Waals surface area contributed by atoms with E-state index in [4.69, 9.17) is 4.74 Å². The van der Waals surface area contributed by atoms with Crippen LogP contribution >= 0.6 is 24.0 Å². The van der Waals surface area contributed by atoms with Crippen LogP contribution in [-0.4, -0.2) is 24.7 Å². The molecule has 0 aliphatic carbocycles. The van der Waals surface area contributed by atoms with Gasteiger partial charge in [-0.05, 0) is 48.7 Å². The summed E-state index contributed by atoms with van der Waals surface area (Å²) in [6, 6.07) is 10.3. The second kappa shape index (κ2) is 10.8. The number of phenolic OH excluding ortho intramolecular Hbond substituents is 1. The van der Waals surface area contributed by atoms with Crippen LogP contribution in [0.1, 0.15) is 23.6 Å². The number of halogens is 2. The molecule has 0 saturated heterocycles. The third kappa shape index (κ3) is 6.36. The molecule has 0 atom stereocenters. The lowest BCUT2D eigenvalue weighted by atomic mass is 10.1. The molecule has 0 spiro atoms. The maximum atomic E-state index is 13.6. The molecule has 0 unspecified atom stereocenters. The van der Waals surface area contributed by atoms with Crippen molar-refractivity contribution in [2.24, 2.45) is 4.99 Å². The van der Waals surface area contributed by atoms with Gasteiger partial charge in [0.15, 0.2) is 17.5 Å². The number of guanidine groups is 1. The molecule has 142 valence electrons. The van der Waals surface area contributed by atoms with Crippen molar-refractivity contribution in [3.63, 3.8) is 0 Å². The highest BCUT2D eigenvalue weighted by atomic mass is 127. The van der Waals surface area contributed by atoms with Crippen LogP contribution in [0.5, 0.6) is 11.5 Å². The van der Waals surface area contributed by atoms with Gasteiger partial charge in [0.25, 0.3) is 0 Å². The van der Waals surface area contributed by atoms with E-state index in [1.54, 1.807) is 25.1 Å². The molecular weight excluding hydrogens is 448 g/mol. The second-order valence-corrected chi connectivity index (χ2v) is 5.64. The van der Waals surface area contributed by atoms with Crippen molar-refractivity contribution < 1.29 is 14.2 Å². The third-order valence-electron chi connectivity index (χ3n) is 3.70. The molecule has 0 aliphatic rings. The monoisotopic (exact) mass is 473 g/mol. The fourth-order valence-electron chi connectivity index (χ4n) is 2.28. The Kier molecular flexibility index (Phi) is 9.18. The van der Waals surface area contributed by atoms with Crippen LogP contribution in [0.15, 0.2) is 41.4 Å². The Morgan fingerprint density at radius 3 is 2.50 bits per heavy atom. The van der Waals surface area contributed by atoms with Gasteiger partial charge in [-0.1, -0.05) is 18.2 Å². The summed E-state index contributed by atoms with van der Waals surface area (Å²) in [4.78, 5) is 4.47. The molecule has 26 heavy (non-hydrogen) atoms. The van der Waals surface area contributed by atoms with Gasteiger partial charge in [-0.25, -0.2) is 9.38 Å². The van der Waals surface area contributed by atoms with Gasteiger partial charge in [0.1, 0.15) is 5.82 Å². The minimum atomic E-state index is -0.223. The average molecular weight is 473 g/mol. The normalized spacial score (nSPS) is 10.8. The molecule has 0 heterocycles. The molecule has 2 aromatic rings. The summed E-state index contributed by atoms with van der Waals surface area (Å²) in [5.41, 5.74) is 2.32. The first-order valence-electron chi connectivity index (χ1n) is 8.16. The zero-order chi connectivity index (χ0) is 18.2. The Balaban J connectivity index is 0.00000338. The predicted molar refractivity (Wildman–Crippen MR) is 113 cm³/mol. The Bertz CT molecular complexity index is 754. The minimum Gasteiger partial charge on any atom is -0.504 e. The summed E-state index contributed by atoms with van der Waals surface area (Å²) >= 11 is 0. The maximum absolute atomic E-state index is 13.6. The summed E-state index contributed by atoms with van der Waals surface area (Å²) in [6.07, 6.45) is 0. The Morgan fingerprint density at radius 1 is 1.15 bits per heavy atom. The van der Waals surface area contributed by atoms with Crippen molar-refractivity contribution in [3.05, 3.63) is 58.9 Å². The summed E-state index contributed by atoms with van der Waals surface area (Å²) in [6.45, 7) is 5.29. The molecular formula is C19H25FIN3O2. The molecule has 5 nitrogen and oxygen atoms in total. The first kappa shape index (κ1) is 22.0. The molecule has 2 rings (SSSR count). The van der Waals surface area contributed by atoms with Crippen molar-refractivity contribution in [1.82, 2.24) is 10.6 Å². The minimum absolute atomic E-state index is 0. The van der Waals surface area contributed by atoms with Crippen molar-refractivity contribution >= 4 is 29.9 Å². The zero-order valence-electron chi connectivity index (χ0n) is 15.2. The van der Waals surface area contributed by atoms with E-state index >= 15 is 0 Å². The van der Waals surface area contributed by atoms with Crippen molar-refractivity contribution in [2.75, 3.05) is 13.7 Å². The van der Waals surface area contributed by atoms with Gasteiger partial charge < -0.3 is 20.5 Å². The van der Waals surface area contributed by atoms with Crippen LogP contribution in [0.3, 0.4) is 0 Å². The predicted octanol–water partition coefficient (Wildman–Crippen LogP) is 3.72. The molecule has 0 aromatic heterocycles. The first-order valence-corrected chi connectivity index (χ1v) is 8.16. The molecule has 0 saturated carbocycles. The molecule has 0 bridgehead atoms. The number of nitrogens with one attached hydrogen (secondary N) is 2. The molecule has 0 amide bonds. The summed E-state index contributed by atoms with van der Waals surface area (Å²) < 4.78 is 18.6. The number of nitrogens with zero attached hydrogens (tertiary/aromatic N) is 1. The van der Waals surface area contributed by atoms with Gasteiger partial charge in [-0.15, -0.1) is 24.0 Å². The standard InChI is InChI=1S/C19H24FN3O2.HI/c1-4-21-19(22-11-14-6-5-13(2)16(20)9-14)23-12-15-7-8-18(25-3)17(24)10-15;/h5-10,24H,4,11-12H2,1-3H3,(H2,21,22,23);1H. The number of ether oxygens (including phenoxy) is 1. The largest absolute Gasteiger partial charge is 0.504 e. The van der Waals surface area contributed by atoms with Crippen LogP contribution in [-0.2, 0) is 13.1 Å². The SMILES string of the molecule is CCNC(=NCc1ccc(C)c(F)c1)NCc1ccc(OC)c(O)c1.I. The van der Waals surface area contributed by atoms with E-state index in [2.05, 4.69) is 15.6 Å². The lowest BCUT2D eigenvalue weighted by Crippen LogP contribution is -2.36. The van der Waals surface area contributed by atoms with Crippen molar-refractivity contribution in [1.29, 1.82) is 0 Å². The number of aromatic hydroxyl groups is 1. The number of hydrogen-bond acceptors (Lipinski definition) is 3. The molecule has 0 aliphatic heterocycles.